The standard InChI is InChI=1S/C20H19F3N6O2/c21-10-1-2-13(22)12(5-10)17-6-11(30)9-28(17)18-3-4-29-19(27-18)16(8-24-29)26-20(31)25-15-7-14(15)23/h1-5,8,11,14-15,17,30H,6-7,9H2,(H2,25,26,31)/t11-,14+,15-,17+/m0/s1. The van der Waals surface area contributed by atoms with Gasteiger partial charge in [-0.15, -0.1) is 0 Å². The van der Waals surface area contributed by atoms with Crippen LogP contribution in [0.4, 0.5) is 29.5 Å². The minimum atomic E-state index is -1.03. The molecule has 0 radical (unpaired) electrons. The van der Waals surface area contributed by atoms with Crippen LogP contribution in [0.5, 0.6) is 0 Å². The fraction of sp³-hybridized carbons (Fsp3) is 0.350. The van der Waals surface area contributed by atoms with Gasteiger partial charge in [0.25, 0.3) is 0 Å². The SMILES string of the molecule is O=C(Nc1cnn2ccc(N3C[C@@H](O)C[C@@H]3c3cc(F)ccc3F)nc12)N[C@H]1C[C@H]1F. The fourth-order valence-corrected chi connectivity index (χ4v) is 3.88. The largest absolute Gasteiger partial charge is 0.391 e. The number of hydrogen-bond donors (Lipinski definition) is 3. The average Bonchev–Trinajstić information content (AvgIpc) is 3.11. The molecular formula is C20H19F3N6O2. The molecule has 3 aromatic rings. The lowest BCUT2D eigenvalue weighted by Crippen LogP contribution is -2.31. The van der Waals surface area contributed by atoms with Gasteiger partial charge in [-0.2, -0.15) is 5.10 Å². The predicted octanol–water partition coefficient (Wildman–Crippen LogP) is 2.55. The van der Waals surface area contributed by atoms with Gasteiger partial charge in [0.1, 0.15) is 29.3 Å². The summed E-state index contributed by atoms with van der Waals surface area (Å²) in [5.41, 5.74) is 0.762. The molecule has 2 fully saturated rings. The van der Waals surface area contributed by atoms with Gasteiger partial charge in [-0.1, -0.05) is 0 Å². The molecule has 3 heterocycles. The second-order valence-electron chi connectivity index (χ2n) is 7.79. The summed E-state index contributed by atoms with van der Waals surface area (Å²) in [6.45, 7) is 0.181. The van der Waals surface area contributed by atoms with Crippen molar-refractivity contribution in [2.24, 2.45) is 0 Å². The molecule has 2 amide bonds. The molecule has 2 aromatic heterocycles. The van der Waals surface area contributed by atoms with E-state index < -0.39 is 42.0 Å². The maximum Gasteiger partial charge on any atom is 0.319 e. The van der Waals surface area contributed by atoms with Gasteiger partial charge in [-0.3, -0.25) is 0 Å². The number of carbonyl (C=O) groups is 1. The van der Waals surface area contributed by atoms with Gasteiger partial charge in [0, 0.05) is 24.7 Å². The Morgan fingerprint density at radius 1 is 1.23 bits per heavy atom. The van der Waals surface area contributed by atoms with Gasteiger partial charge in [-0.25, -0.2) is 27.5 Å². The van der Waals surface area contributed by atoms with Crippen LogP contribution in [0.1, 0.15) is 24.4 Å². The van der Waals surface area contributed by atoms with Crippen LogP contribution < -0.4 is 15.5 Å². The van der Waals surface area contributed by atoms with E-state index in [1.807, 2.05) is 0 Å². The summed E-state index contributed by atoms with van der Waals surface area (Å²) < 4.78 is 42.6. The topological polar surface area (TPSA) is 94.8 Å². The third-order valence-corrected chi connectivity index (χ3v) is 5.52. The van der Waals surface area contributed by atoms with E-state index in [9.17, 15) is 23.1 Å². The first-order valence-corrected chi connectivity index (χ1v) is 9.84. The van der Waals surface area contributed by atoms with Crippen LogP contribution in [-0.2, 0) is 0 Å². The maximum absolute atomic E-state index is 14.4. The van der Waals surface area contributed by atoms with Crippen molar-refractivity contribution in [3.63, 3.8) is 0 Å². The van der Waals surface area contributed by atoms with E-state index in [1.54, 1.807) is 17.2 Å². The van der Waals surface area contributed by atoms with Crippen molar-refractivity contribution in [3.8, 4) is 0 Å². The van der Waals surface area contributed by atoms with E-state index in [-0.39, 0.29) is 18.5 Å². The zero-order valence-electron chi connectivity index (χ0n) is 16.2. The number of nitrogens with zero attached hydrogens (tertiary/aromatic N) is 4. The smallest absolute Gasteiger partial charge is 0.319 e. The number of halogens is 3. The van der Waals surface area contributed by atoms with E-state index in [4.69, 9.17) is 0 Å². The number of benzene rings is 1. The molecule has 1 aromatic carbocycles. The summed E-state index contributed by atoms with van der Waals surface area (Å²) in [6.07, 6.45) is 1.76. The van der Waals surface area contributed by atoms with Crippen molar-refractivity contribution in [3.05, 3.63) is 53.9 Å². The third-order valence-electron chi connectivity index (χ3n) is 5.52. The van der Waals surface area contributed by atoms with Crippen LogP contribution in [0.25, 0.3) is 5.65 Å². The Morgan fingerprint density at radius 3 is 2.81 bits per heavy atom. The number of rotatable bonds is 4. The molecule has 0 spiro atoms. The van der Waals surface area contributed by atoms with Crippen LogP contribution in [0.2, 0.25) is 0 Å². The molecule has 31 heavy (non-hydrogen) atoms. The van der Waals surface area contributed by atoms with Crippen LogP contribution in [0, 0.1) is 11.6 Å². The second-order valence-corrected chi connectivity index (χ2v) is 7.79. The minimum absolute atomic E-state index is 0.134. The van der Waals surface area contributed by atoms with E-state index in [2.05, 4.69) is 20.7 Å². The molecule has 8 nitrogen and oxygen atoms in total. The lowest BCUT2D eigenvalue weighted by molar-refractivity contribution is 0.194. The molecule has 162 valence electrons. The number of carbonyl (C=O) groups excluding carboxylic acids is 1. The summed E-state index contributed by atoms with van der Waals surface area (Å²) in [5.74, 6) is -0.727. The highest BCUT2D eigenvalue weighted by Gasteiger charge is 2.39. The number of hydrogen-bond acceptors (Lipinski definition) is 5. The normalized spacial score (nSPS) is 25.1. The Labute approximate surface area is 174 Å². The molecule has 5 rings (SSSR count). The number of alkyl halides is 1. The molecular weight excluding hydrogens is 413 g/mol. The summed E-state index contributed by atoms with van der Waals surface area (Å²) in [4.78, 5) is 18.3. The molecule has 1 saturated heterocycles. The Kier molecular flexibility index (Phi) is 4.69. The van der Waals surface area contributed by atoms with Crippen LogP contribution in [-0.4, -0.2) is 50.6 Å². The molecule has 0 bridgehead atoms. The van der Waals surface area contributed by atoms with Gasteiger partial charge in [0.05, 0.1) is 24.4 Å². The molecule has 1 aliphatic carbocycles. The number of aliphatic hydroxyl groups excluding tert-OH is 1. The van der Waals surface area contributed by atoms with Gasteiger partial charge in [-0.05, 0) is 30.7 Å². The van der Waals surface area contributed by atoms with Crippen molar-refractivity contribution in [2.45, 2.75) is 37.2 Å². The van der Waals surface area contributed by atoms with Gasteiger partial charge in [0.15, 0.2) is 5.65 Å². The van der Waals surface area contributed by atoms with E-state index >= 15 is 0 Å². The molecule has 11 heteroatoms. The number of amides is 2. The zero-order valence-corrected chi connectivity index (χ0v) is 16.2. The van der Waals surface area contributed by atoms with Gasteiger partial charge in [0.2, 0.25) is 0 Å². The van der Waals surface area contributed by atoms with Crippen molar-refractivity contribution in [1.29, 1.82) is 0 Å². The quantitative estimate of drug-likeness (QED) is 0.589. The number of fused-ring (bicyclic) bond motifs is 1. The molecule has 1 aliphatic heterocycles. The number of urea groups is 1. The second kappa shape index (κ2) is 7.41. The fourth-order valence-electron chi connectivity index (χ4n) is 3.88. The summed E-state index contributed by atoms with van der Waals surface area (Å²) in [7, 11) is 0. The Balaban J connectivity index is 1.44. The first kappa shape index (κ1) is 19.6. The first-order chi connectivity index (χ1) is 14.9. The lowest BCUT2D eigenvalue weighted by atomic mass is 10.0. The molecule has 2 aliphatic rings. The number of nitrogens with one attached hydrogen (secondary N) is 2. The Bertz CT molecular complexity index is 1160. The van der Waals surface area contributed by atoms with Crippen molar-refractivity contribution < 1.29 is 23.1 Å². The Morgan fingerprint density at radius 2 is 2.03 bits per heavy atom. The molecule has 3 N–H and O–H groups in total. The minimum Gasteiger partial charge on any atom is -0.391 e. The van der Waals surface area contributed by atoms with E-state index in [0.29, 0.717) is 23.6 Å². The molecule has 1 saturated carbocycles. The summed E-state index contributed by atoms with van der Waals surface area (Å²) >= 11 is 0. The number of aliphatic hydroxyl groups is 1. The molecule has 0 unspecified atom stereocenters. The summed E-state index contributed by atoms with van der Waals surface area (Å²) in [6, 6.07) is 3.20. The highest BCUT2D eigenvalue weighted by Crippen LogP contribution is 2.37. The number of anilines is 2. The number of β-amino-alcohol motifs (C(OH)–C–C–N with tert-alkyl or cyclic N) is 1. The average molecular weight is 432 g/mol. The van der Waals surface area contributed by atoms with Crippen molar-refractivity contribution in [1.82, 2.24) is 19.9 Å². The third kappa shape index (κ3) is 3.76. The van der Waals surface area contributed by atoms with Crippen LogP contribution in [0.15, 0.2) is 36.7 Å². The van der Waals surface area contributed by atoms with Gasteiger partial charge >= 0.3 is 6.03 Å². The lowest BCUT2D eigenvalue weighted by Gasteiger charge is -2.26. The van der Waals surface area contributed by atoms with Crippen molar-refractivity contribution >= 4 is 23.2 Å². The monoisotopic (exact) mass is 432 g/mol. The highest BCUT2D eigenvalue weighted by atomic mass is 19.1. The van der Waals surface area contributed by atoms with Crippen LogP contribution in [0.3, 0.4) is 0 Å². The molecule has 4 atom stereocenters. The highest BCUT2D eigenvalue weighted by molar-refractivity contribution is 5.93. The van der Waals surface area contributed by atoms with Crippen molar-refractivity contribution in [2.75, 3.05) is 16.8 Å². The Hall–Kier alpha value is -3.34. The van der Waals surface area contributed by atoms with E-state index in [0.717, 1.165) is 18.2 Å². The number of aromatic nitrogens is 3. The zero-order chi connectivity index (χ0) is 21.7. The summed E-state index contributed by atoms with van der Waals surface area (Å²) in [5, 5.41) is 19.5. The predicted molar refractivity (Wildman–Crippen MR) is 106 cm³/mol. The van der Waals surface area contributed by atoms with Gasteiger partial charge < -0.3 is 20.6 Å². The maximum atomic E-state index is 14.4. The van der Waals surface area contributed by atoms with E-state index in [1.165, 1.54) is 10.7 Å². The first-order valence-electron chi connectivity index (χ1n) is 9.84. The van der Waals surface area contributed by atoms with Crippen LogP contribution >= 0.6 is 0 Å².